The number of carbonyl (C=O) groups is 1. The third-order valence-electron chi connectivity index (χ3n) is 16.1. The zero-order valence-electron chi connectivity index (χ0n) is 30.9. The number of rotatable bonds is 4. The normalized spacial score (nSPS) is 40.3. The summed E-state index contributed by atoms with van der Waals surface area (Å²) in [6, 6.07) is 2.43. The van der Waals surface area contributed by atoms with E-state index in [1.807, 2.05) is 0 Å². The first-order valence-electron chi connectivity index (χ1n) is 19.0. The van der Waals surface area contributed by atoms with Gasteiger partial charge in [-0.15, -0.1) is 0 Å². The van der Waals surface area contributed by atoms with E-state index in [1.165, 1.54) is 52.2 Å². The van der Waals surface area contributed by atoms with Crippen molar-refractivity contribution in [3.05, 3.63) is 46.0 Å². The maximum atomic E-state index is 13.5. The van der Waals surface area contributed by atoms with Crippen molar-refractivity contribution in [3.63, 3.8) is 0 Å². The van der Waals surface area contributed by atoms with E-state index >= 15 is 0 Å². The molecule has 3 N–H and O–H groups in total. The van der Waals surface area contributed by atoms with Crippen LogP contribution in [0.5, 0.6) is 0 Å². The van der Waals surface area contributed by atoms with Gasteiger partial charge in [0.2, 0.25) is 0 Å². The minimum absolute atomic E-state index is 0.00266. The molecular formula is C41H60N4O3. The Balaban J connectivity index is 1.31. The van der Waals surface area contributed by atoms with E-state index in [-0.39, 0.29) is 33.0 Å². The Morgan fingerprint density at radius 1 is 1.02 bits per heavy atom. The molecule has 2 aromatic rings. The summed E-state index contributed by atoms with van der Waals surface area (Å²) >= 11 is 0. The van der Waals surface area contributed by atoms with Gasteiger partial charge >= 0.3 is 5.97 Å². The summed E-state index contributed by atoms with van der Waals surface area (Å²) in [4.78, 5) is 19.7. The van der Waals surface area contributed by atoms with Crippen molar-refractivity contribution in [2.24, 2.45) is 44.8 Å². The summed E-state index contributed by atoms with van der Waals surface area (Å²) in [5.41, 5.74) is 9.13. The van der Waals surface area contributed by atoms with Crippen molar-refractivity contribution in [3.8, 4) is 0 Å². The monoisotopic (exact) mass is 656 g/mol. The highest BCUT2D eigenvalue weighted by Crippen LogP contribution is 2.77. The van der Waals surface area contributed by atoms with Crippen LogP contribution in [0, 0.1) is 51.8 Å². The minimum Gasteiger partial charge on any atom is -0.481 e. The van der Waals surface area contributed by atoms with Crippen molar-refractivity contribution in [2.75, 3.05) is 26.3 Å². The van der Waals surface area contributed by atoms with Crippen LogP contribution in [0.2, 0.25) is 0 Å². The van der Waals surface area contributed by atoms with E-state index in [9.17, 15) is 9.90 Å². The number of aromatic nitrogens is 3. The zero-order chi connectivity index (χ0) is 34.1. The number of hydrogen-bond donors (Lipinski definition) is 3. The SMILES string of the molecule is Cc1[nH]nc2c1C[C@]1(C)C3CC(c4c[nH]c(CN5CCOCC5)c4)=C4[C@@H]5CC(C)(C)CC[C@]5(C(=O)O)CC[C@@]4(C)[C@]3(C)CC[C@H]1C2(C)C. The molecule has 0 spiro atoms. The van der Waals surface area contributed by atoms with Gasteiger partial charge in [0.25, 0.3) is 0 Å². The lowest BCUT2D eigenvalue weighted by Crippen LogP contribution is -2.65. The molecule has 0 aromatic carbocycles. The van der Waals surface area contributed by atoms with Gasteiger partial charge in [-0.3, -0.25) is 14.8 Å². The molecule has 0 radical (unpaired) electrons. The number of morpholine rings is 1. The number of aryl methyl sites for hydroxylation is 1. The van der Waals surface area contributed by atoms with Crippen LogP contribution in [0.3, 0.4) is 0 Å². The molecular weight excluding hydrogens is 596 g/mol. The van der Waals surface area contributed by atoms with Gasteiger partial charge in [-0.25, -0.2) is 0 Å². The van der Waals surface area contributed by atoms with Crippen molar-refractivity contribution in [1.82, 2.24) is 20.1 Å². The first-order chi connectivity index (χ1) is 22.6. The molecule has 3 saturated carbocycles. The van der Waals surface area contributed by atoms with Gasteiger partial charge < -0.3 is 14.8 Å². The number of carboxylic acids is 1. The van der Waals surface area contributed by atoms with Gasteiger partial charge in [-0.05, 0) is 127 Å². The zero-order valence-corrected chi connectivity index (χ0v) is 30.9. The molecule has 1 saturated heterocycles. The van der Waals surface area contributed by atoms with E-state index in [4.69, 9.17) is 9.84 Å². The highest BCUT2D eigenvalue weighted by Gasteiger charge is 2.70. The van der Waals surface area contributed by atoms with Crippen LogP contribution >= 0.6 is 0 Å². The second-order valence-corrected chi connectivity index (χ2v) is 19.3. The quantitative estimate of drug-likeness (QED) is 0.308. The maximum Gasteiger partial charge on any atom is 0.310 e. The molecule has 1 unspecified atom stereocenters. The molecule has 2 aromatic heterocycles. The fraction of sp³-hybridized carbons (Fsp3) is 0.756. The highest BCUT2D eigenvalue weighted by molar-refractivity contribution is 5.80. The molecule has 1 aliphatic heterocycles. The molecule has 7 atom stereocenters. The van der Waals surface area contributed by atoms with Crippen LogP contribution in [-0.2, 0) is 27.9 Å². The smallest absolute Gasteiger partial charge is 0.310 e. The number of nitrogens with one attached hydrogen (secondary N) is 2. The fourth-order valence-corrected chi connectivity index (χ4v) is 13.3. The van der Waals surface area contributed by atoms with E-state index in [2.05, 4.69) is 82.6 Å². The molecule has 8 rings (SSSR count). The van der Waals surface area contributed by atoms with Gasteiger partial charge in [0, 0.05) is 42.6 Å². The number of allylic oxidation sites excluding steroid dienone is 2. The topological polar surface area (TPSA) is 94.2 Å². The number of H-pyrrole nitrogens is 2. The second kappa shape index (κ2) is 10.6. The first-order valence-corrected chi connectivity index (χ1v) is 19.0. The molecule has 5 aliphatic carbocycles. The Hall–Kier alpha value is -2.38. The molecule has 7 nitrogen and oxygen atoms in total. The molecule has 7 heteroatoms. The van der Waals surface area contributed by atoms with Crippen LogP contribution in [0.15, 0.2) is 17.8 Å². The van der Waals surface area contributed by atoms with E-state index < -0.39 is 11.4 Å². The van der Waals surface area contributed by atoms with Crippen molar-refractivity contribution < 1.29 is 14.6 Å². The molecule has 48 heavy (non-hydrogen) atoms. The van der Waals surface area contributed by atoms with Crippen LogP contribution in [0.1, 0.15) is 128 Å². The maximum absolute atomic E-state index is 13.5. The number of aromatic amines is 2. The first kappa shape index (κ1) is 32.8. The lowest BCUT2D eigenvalue weighted by atomic mass is 9.33. The van der Waals surface area contributed by atoms with E-state index in [1.54, 1.807) is 0 Å². The van der Waals surface area contributed by atoms with Crippen LogP contribution in [0.25, 0.3) is 5.57 Å². The number of nitrogens with zero attached hydrogens (tertiary/aromatic N) is 2. The summed E-state index contributed by atoms with van der Waals surface area (Å²) < 4.78 is 5.64. The summed E-state index contributed by atoms with van der Waals surface area (Å²) in [6.45, 7) is 24.2. The Kier molecular flexibility index (Phi) is 7.22. The van der Waals surface area contributed by atoms with Gasteiger partial charge in [-0.1, -0.05) is 54.0 Å². The number of aliphatic carboxylic acids is 1. The van der Waals surface area contributed by atoms with E-state index in [0.717, 1.165) is 77.8 Å². The predicted octanol–water partition coefficient (Wildman–Crippen LogP) is 8.31. The minimum atomic E-state index is -0.664. The summed E-state index contributed by atoms with van der Waals surface area (Å²) in [6.07, 6.45) is 11.3. The average molecular weight is 657 g/mol. The lowest BCUT2D eigenvalue weighted by molar-refractivity contribution is -0.175. The van der Waals surface area contributed by atoms with Crippen LogP contribution in [0.4, 0.5) is 0 Å². The Morgan fingerprint density at radius 3 is 2.48 bits per heavy atom. The van der Waals surface area contributed by atoms with E-state index in [0.29, 0.717) is 11.8 Å². The molecule has 0 bridgehead atoms. The van der Waals surface area contributed by atoms with Gasteiger partial charge in [0.05, 0.1) is 24.3 Å². The summed E-state index contributed by atoms with van der Waals surface area (Å²) in [5, 5.41) is 19.4. The molecule has 6 aliphatic rings. The number of hydrogen-bond acceptors (Lipinski definition) is 4. The Morgan fingerprint density at radius 2 is 1.75 bits per heavy atom. The largest absolute Gasteiger partial charge is 0.481 e. The summed E-state index contributed by atoms with van der Waals surface area (Å²) in [5.74, 6) is 0.543. The third-order valence-corrected chi connectivity index (χ3v) is 16.1. The average Bonchev–Trinajstić information content (AvgIpc) is 3.64. The second-order valence-electron chi connectivity index (χ2n) is 19.3. The van der Waals surface area contributed by atoms with Gasteiger partial charge in [0.1, 0.15) is 0 Å². The van der Waals surface area contributed by atoms with Crippen LogP contribution in [-0.4, -0.2) is 57.5 Å². The summed E-state index contributed by atoms with van der Waals surface area (Å²) in [7, 11) is 0. The number of ether oxygens (including phenoxy) is 1. The fourth-order valence-electron chi connectivity index (χ4n) is 13.3. The van der Waals surface area contributed by atoms with Gasteiger partial charge in [0.15, 0.2) is 0 Å². The Labute approximate surface area is 288 Å². The third kappa shape index (κ3) is 4.37. The lowest BCUT2D eigenvalue weighted by Gasteiger charge is -2.71. The molecule has 3 heterocycles. The van der Waals surface area contributed by atoms with Crippen molar-refractivity contribution >= 4 is 11.5 Å². The molecule has 0 amide bonds. The highest BCUT2D eigenvalue weighted by atomic mass is 16.5. The predicted molar refractivity (Wildman–Crippen MR) is 189 cm³/mol. The van der Waals surface area contributed by atoms with Crippen LogP contribution < -0.4 is 0 Å². The number of carboxylic acid groups (broad SMARTS) is 1. The standard InChI is InChI=1S/C41H60N4O3/c1-25-29-21-38(6)31(37(4,5)34(29)44-43-25)9-10-39(7)32(38)20-28(26-19-27(42-23-26)24-45-15-17-48-18-16-45)33-30-22-36(2,3)11-13-41(30,35(46)47)14-12-40(33,39)8/h19,23,30-32,42H,9-18,20-22,24H2,1-8H3,(H,43,44)(H,46,47)/t30-,31-,32?,38-,39+,40+,41-/m0/s1. The Bertz CT molecular complexity index is 1660. The van der Waals surface area contributed by atoms with Crippen molar-refractivity contribution in [1.29, 1.82) is 0 Å². The van der Waals surface area contributed by atoms with Crippen molar-refractivity contribution in [2.45, 2.75) is 125 Å². The van der Waals surface area contributed by atoms with Gasteiger partial charge in [-0.2, -0.15) is 5.10 Å². The molecule has 262 valence electrons. The molecule has 4 fully saturated rings. The number of fused-ring (bicyclic) bond motifs is 8.